The van der Waals surface area contributed by atoms with Gasteiger partial charge in [0.1, 0.15) is 17.2 Å². The zero-order chi connectivity index (χ0) is 10.4. The van der Waals surface area contributed by atoms with Crippen LogP contribution in [0.15, 0.2) is 22.6 Å². The first-order valence-corrected chi connectivity index (χ1v) is 5.00. The average Bonchev–Trinajstić information content (AvgIpc) is 2.57. The van der Waals surface area contributed by atoms with Crippen molar-refractivity contribution in [3.05, 3.63) is 35.3 Å². The van der Waals surface area contributed by atoms with E-state index in [0.717, 1.165) is 12.8 Å². The zero-order valence-corrected chi connectivity index (χ0v) is 8.05. The van der Waals surface area contributed by atoms with Gasteiger partial charge in [-0.1, -0.05) is 0 Å². The van der Waals surface area contributed by atoms with Crippen molar-refractivity contribution in [2.45, 2.75) is 19.3 Å². The van der Waals surface area contributed by atoms with Crippen molar-refractivity contribution in [1.29, 1.82) is 0 Å². The smallest absolute Gasteiger partial charge is 0.167 e. The van der Waals surface area contributed by atoms with E-state index in [1.54, 1.807) is 6.07 Å². The van der Waals surface area contributed by atoms with Crippen LogP contribution in [0.3, 0.4) is 0 Å². The minimum atomic E-state index is -0.329. The summed E-state index contributed by atoms with van der Waals surface area (Å²) >= 11 is 0. The number of carbonyl (C=O) groups excluding carboxylic acids is 1. The first-order chi connectivity index (χ1) is 7.25. The number of carbonyl (C=O) groups is 1. The third-order valence-corrected chi connectivity index (χ3v) is 2.81. The predicted octanol–water partition coefficient (Wildman–Crippen LogP) is 3.09. The fourth-order valence-corrected chi connectivity index (χ4v) is 2.14. The maximum Gasteiger partial charge on any atom is 0.167 e. The lowest BCUT2D eigenvalue weighted by Gasteiger charge is -2.07. The maximum atomic E-state index is 13.1. The second-order valence-electron chi connectivity index (χ2n) is 3.82. The van der Waals surface area contributed by atoms with Crippen molar-refractivity contribution < 1.29 is 13.6 Å². The lowest BCUT2D eigenvalue weighted by molar-refractivity contribution is 0.0971. The van der Waals surface area contributed by atoms with Crippen LogP contribution in [0.2, 0.25) is 0 Å². The molecule has 15 heavy (non-hydrogen) atoms. The Labute approximate surface area is 85.7 Å². The van der Waals surface area contributed by atoms with Gasteiger partial charge in [0.25, 0.3) is 0 Å². The molecule has 0 amide bonds. The fourth-order valence-electron chi connectivity index (χ4n) is 2.14. The number of ketones is 1. The molecule has 1 aliphatic rings. The highest BCUT2D eigenvalue weighted by molar-refractivity contribution is 6.09. The number of hydrogen-bond acceptors (Lipinski definition) is 2. The number of rotatable bonds is 0. The summed E-state index contributed by atoms with van der Waals surface area (Å²) in [5.41, 5.74) is 1.20. The van der Waals surface area contributed by atoms with Gasteiger partial charge < -0.3 is 4.42 Å². The Morgan fingerprint density at radius 3 is 3.00 bits per heavy atom. The highest BCUT2D eigenvalue weighted by Gasteiger charge is 2.24. The molecule has 0 saturated carbocycles. The molecule has 0 aliphatic heterocycles. The van der Waals surface area contributed by atoms with E-state index in [1.165, 1.54) is 12.1 Å². The molecule has 3 heteroatoms. The van der Waals surface area contributed by atoms with Crippen molar-refractivity contribution >= 4 is 16.8 Å². The zero-order valence-electron chi connectivity index (χ0n) is 8.05. The standard InChI is InChI=1S/C12H9FO2/c13-7-4-5-10-8(6-7)12-9(14)2-1-3-11(12)15-10/h4-6H,1-3H2. The summed E-state index contributed by atoms with van der Waals surface area (Å²) in [6.45, 7) is 0. The predicted molar refractivity (Wildman–Crippen MR) is 53.4 cm³/mol. The van der Waals surface area contributed by atoms with E-state index in [1.807, 2.05) is 0 Å². The maximum absolute atomic E-state index is 13.1. The third kappa shape index (κ3) is 1.19. The molecule has 2 nitrogen and oxygen atoms in total. The van der Waals surface area contributed by atoms with Gasteiger partial charge in [0.15, 0.2) is 5.78 Å². The van der Waals surface area contributed by atoms with E-state index < -0.39 is 0 Å². The number of benzene rings is 1. The largest absolute Gasteiger partial charge is 0.460 e. The Bertz CT molecular complexity index is 554. The molecule has 1 aromatic carbocycles. The topological polar surface area (TPSA) is 30.2 Å². The Hall–Kier alpha value is -1.64. The molecule has 0 bridgehead atoms. The van der Waals surface area contributed by atoms with E-state index in [2.05, 4.69) is 0 Å². The van der Waals surface area contributed by atoms with Crippen molar-refractivity contribution in [3.8, 4) is 0 Å². The van der Waals surface area contributed by atoms with Gasteiger partial charge in [0.05, 0.1) is 5.56 Å². The van der Waals surface area contributed by atoms with Crippen molar-refractivity contribution in [1.82, 2.24) is 0 Å². The Morgan fingerprint density at radius 1 is 1.27 bits per heavy atom. The van der Waals surface area contributed by atoms with E-state index in [-0.39, 0.29) is 11.6 Å². The molecule has 0 fully saturated rings. The molecule has 0 atom stereocenters. The highest BCUT2D eigenvalue weighted by atomic mass is 19.1. The summed E-state index contributed by atoms with van der Waals surface area (Å²) in [4.78, 5) is 11.7. The molecule has 0 spiro atoms. The van der Waals surface area contributed by atoms with Gasteiger partial charge >= 0.3 is 0 Å². The lowest BCUT2D eigenvalue weighted by atomic mass is 9.95. The third-order valence-electron chi connectivity index (χ3n) is 2.81. The van der Waals surface area contributed by atoms with Crippen LogP contribution in [0.1, 0.15) is 29.0 Å². The van der Waals surface area contributed by atoms with Gasteiger partial charge in [-0.05, 0) is 24.6 Å². The molecule has 0 unspecified atom stereocenters. The Morgan fingerprint density at radius 2 is 2.13 bits per heavy atom. The van der Waals surface area contributed by atoms with Crippen LogP contribution in [0.25, 0.3) is 11.0 Å². The van der Waals surface area contributed by atoms with Crippen molar-refractivity contribution in [2.75, 3.05) is 0 Å². The van der Waals surface area contributed by atoms with E-state index in [9.17, 15) is 9.18 Å². The van der Waals surface area contributed by atoms with Crippen LogP contribution >= 0.6 is 0 Å². The van der Waals surface area contributed by atoms with Crippen LogP contribution in [-0.2, 0) is 6.42 Å². The summed E-state index contributed by atoms with van der Waals surface area (Å²) in [6.07, 6.45) is 2.14. The molecule has 0 saturated heterocycles. The second-order valence-corrected chi connectivity index (χ2v) is 3.82. The quantitative estimate of drug-likeness (QED) is 0.660. The normalized spacial score (nSPS) is 15.7. The summed E-state index contributed by atoms with van der Waals surface area (Å²) in [6, 6.07) is 4.30. The highest BCUT2D eigenvalue weighted by Crippen LogP contribution is 2.32. The minimum Gasteiger partial charge on any atom is -0.460 e. The van der Waals surface area contributed by atoms with Crippen LogP contribution in [0, 0.1) is 5.82 Å². The first kappa shape index (κ1) is 8.65. The van der Waals surface area contributed by atoms with Gasteiger partial charge in [0, 0.05) is 18.2 Å². The van der Waals surface area contributed by atoms with E-state index >= 15 is 0 Å². The summed E-state index contributed by atoms with van der Waals surface area (Å²) < 4.78 is 18.6. The molecular weight excluding hydrogens is 195 g/mol. The number of halogens is 1. The molecule has 2 aromatic rings. The summed E-state index contributed by atoms with van der Waals surface area (Å²) in [5, 5.41) is 0.620. The van der Waals surface area contributed by atoms with Crippen molar-refractivity contribution in [3.63, 3.8) is 0 Å². The molecular formula is C12H9FO2. The van der Waals surface area contributed by atoms with E-state index in [4.69, 9.17) is 4.42 Å². The van der Waals surface area contributed by atoms with Crippen molar-refractivity contribution in [2.24, 2.45) is 0 Å². The SMILES string of the molecule is O=C1CCCc2oc3ccc(F)cc3c21. The van der Waals surface area contributed by atoms with Crippen LogP contribution in [-0.4, -0.2) is 5.78 Å². The molecule has 1 aliphatic carbocycles. The van der Waals surface area contributed by atoms with Gasteiger partial charge in [-0.25, -0.2) is 4.39 Å². The van der Waals surface area contributed by atoms with Gasteiger partial charge in [-0.15, -0.1) is 0 Å². The minimum absolute atomic E-state index is 0.0700. The van der Waals surface area contributed by atoms with Crippen LogP contribution in [0.4, 0.5) is 4.39 Å². The molecule has 76 valence electrons. The number of aryl methyl sites for hydroxylation is 1. The van der Waals surface area contributed by atoms with Crippen LogP contribution in [0.5, 0.6) is 0 Å². The van der Waals surface area contributed by atoms with Crippen LogP contribution < -0.4 is 0 Å². The Balaban J connectivity index is 2.38. The lowest BCUT2D eigenvalue weighted by Crippen LogP contribution is -2.08. The number of furan rings is 1. The van der Waals surface area contributed by atoms with Gasteiger partial charge in [-0.2, -0.15) is 0 Å². The molecule has 3 rings (SSSR count). The molecule has 0 N–H and O–H groups in total. The fraction of sp³-hybridized carbons (Fsp3) is 0.250. The van der Waals surface area contributed by atoms with Gasteiger partial charge in [-0.3, -0.25) is 4.79 Å². The number of Topliss-reactive ketones (excluding diaryl/α,β-unsaturated/α-hetero) is 1. The average molecular weight is 204 g/mol. The summed E-state index contributed by atoms with van der Waals surface area (Å²) in [5.74, 6) is 0.455. The Kier molecular flexibility index (Phi) is 1.69. The number of fused-ring (bicyclic) bond motifs is 3. The molecule has 1 heterocycles. The monoisotopic (exact) mass is 204 g/mol. The molecule has 1 aromatic heterocycles. The van der Waals surface area contributed by atoms with E-state index in [0.29, 0.717) is 28.7 Å². The summed E-state index contributed by atoms with van der Waals surface area (Å²) in [7, 11) is 0. The number of hydrogen-bond donors (Lipinski definition) is 0. The second kappa shape index (κ2) is 2.92. The first-order valence-electron chi connectivity index (χ1n) is 5.00. The van der Waals surface area contributed by atoms with Gasteiger partial charge in [0.2, 0.25) is 0 Å². The molecule has 0 radical (unpaired) electrons.